The lowest BCUT2D eigenvalue weighted by Crippen LogP contribution is -2.37. The maximum absolute atomic E-state index is 12.1. The Morgan fingerprint density at radius 1 is 1.40 bits per heavy atom. The van der Waals surface area contributed by atoms with E-state index in [1.165, 1.54) is 0 Å². The number of hydrogen-bond acceptors (Lipinski definition) is 4. The Morgan fingerprint density at radius 2 is 2.25 bits per heavy atom. The summed E-state index contributed by atoms with van der Waals surface area (Å²) in [5.74, 6) is 1.25. The molecule has 0 atom stereocenters. The first-order valence-corrected chi connectivity index (χ1v) is 7.17. The third-order valence-corrected chi connectivity index (χ3v) is 3.80. The van der Waals surface area contributed by atoms with Gasteiger partial charge >= 0.3 is 0 Å². The molecule has 0 radical (unpaired) electrons. The van der Waals surface area contributed by atoms with E-state index in [0.29, 0.717) is 37.5 Å². The van der Waals surface area contributed by atoms with E-state index in [4.69, 9.17) is 9.47 Å². The number of aromatic nitrogens is 1. The molecule has 20 heavy (non-hydrogen) atoms. The van der Waals surface area contributed by atoms with Crippen molar-refractivity contribution in [3.63, 3.8) is 0 Å². The molecule has 0 unspecified atom stereocenters. The van der Waals surface area contributed by atoms with Gasteiger partial charge in [-0.25, -0.2) is 4.98 Å². The normalized spacial score (nSPS) is 17.8. The second-order valence-corrected chi connectivity index (χ2v) is 5.38. The Bertz CT molecular complexity index is 500. The first-order chi connectivity index (χ1) is 9.78. The van der Waals surface area contributed by atoms with E-state index in [-0.39, 0.29) is 0 Å². The second kappa shape index (κ2) is 5.79. The molecule has 5 heteroatoms. The highest BCUT2D eigenvalue weighted by Crippen LogP contribution is 2.32. The lowest BCUT2D eigenvalue weighted by atomic mass is 10.1. The Morgan fingerprint density at radius 3 is 3.00 bits per heavy atom. The van der Waals surface area contributed by atoms with Crippen LogP contribution in [-0.4, -0.2) is 42.7 Å². The van der Waals surface area contributed by atoms with Crippen LogP contribution < -0.4 is 4.74 Å². The average Bonchev–Trinajstić information content (AvgIpc) is 3.31. The van der Waals surface area contributed by atoms with Crippen molar-refractivity contribution in [2.45, 2.75) is 25.8 Å². The Labute approximate surface area is 118 Å². The molecule has 0 N–H and O–H groups in total. The number of hydrogen-bond donors (Lipinski definition) is 0. The Hall–Kier alpha value is -1.62. The maximum atomic E-state index is 12.1. The standard InChI is InChI=1S/C15H20N2O3/c1-19-8-9-20-14-5-4-12-10-17(7-6-13(12)16-14)15(18)11-2-3-11/h4-5,11H,2-3,6-10H2,1H3. The molecule has 1 aliphatic heterocycles. The fraction of sp³-hybridized carbons (Fsp3) is 0.600. The summed E-state index contributed by atoms with van der Waals surface area (Å²) in [7, 11) is 1.65. The summed E-state index contributed by atoms with van der Waals surface area (Å²) in [6, 6.07) is 3.90. The van der Waals surface area contributed by atoms with Crippen LogP contribution in [0, 0.1) is 5.92 Å². The first-order valence-electron chi connectivity index (χ1n) is 7.17. The molecular formula is C15H20N2O3. The number of carbonyl (C=O) groups is 1. The van der Waals surface area contributed by atoms with Gasteiger partial charge in [0.25, 0.3) is 0 Å². The van der Waals surface area contributed by atoms with Crippen LogP contribution in [0.1, 0.15) is 24.1 Å². The molecule has 3 rings (SSSR count). The monoisotopic (exact) mass is 276 g/mol. The number of carbonyl (C=O) groups excluding carboxylic acids is 1. The molecular weight excluding hydrogens is 256 g/mol. The third-order valence-electron chi connectivity index (χ3n) is 3.80. The molecule has 108 valence electrons. The summed E-state index contributed by atoms with van der Waals surface area (Å²) in [6.45, 7) is 2.53. The molecule has 0 aromatic carbocycles. The van der Waals surface area contributed by atoms with Gasteiger partial charge in [0.1, 0.15) is 6.61 Å². The van der Waals surface area contributed by atoms with Gasteiger partial charge < -0.3 is 14.4 Å². The minimum absolute atomic E-state index is 0.293. The van der Waals surface area contributed by atoms with Crippen molar-refractivity contribution >= 4 is 5.91 Å². The summed E-state index contributed by atoms with van der Waals surface area (Å²) in [5.41, 5.74) is 2.20. The fourth-order valence-corrected chi connectivity index (χ4v) is 2.48. The molecule has 1 amide bonds. The first kappa shape index (κ1) is 13.4. The Kier molecular flexibility index (Phi) is 3.87. The third kappa shape index (κ3) is 2.93. The average molecular weight is 276 g/mol. The predicted molar refractivity (Wildman–Crippen MR) is 73.5 cm³/mol. The molecule has 5 nitrogen and oxygen atoms in total. The highest BCUT2D eigenvalue weighted by atomic mass is 16.5. The summed E-state index contributed by atoms with van der Waals surface area (Å²) >= 11 is 0. The molecule has 0 spiro atoms. The quantitative estimate of drug-likeness (QED) is 0.763. The topological polar surface area (TPSA) is 51.7 Å². The van der Waals surface area contributed by atoms with E-state index in [2.05, 4.69) is 4.98 Å². The Balaban J connectivity index is 1.64. The zero-order chi connectivity index (χ0) is 13.9. The lowest BCUT2D eigenvalue weighted by Gasteiger charge is -2.28. The van der Waals surface area contributed by atoms with E-state index in [1.807, 2.05) is 17.0 Å². The molecule has 0 saturated heterocycles. The second-order valence-electron chi connectivity index (χ2n) is 5.38. The lowest BCUT2D eigenvalue weighted by molar-refractivity contribution is -0.133. The van der Waals surface area contributed by atoms with Crippen molar-refractivity contribution in [1.82, 2.24) is 9.88 Å². The van der Waals surface area contributed by atoms with Crippen LogP contribution in [0.2, 0.25) is 0 Å². The molecule has 2 heterocycles. The van der Waals surface area contributed by atoms with Gasteiger partial charge in [-0.3, -0.25) is 4.79 Å². The van der Waals surface area contributed by atoms with E-state index in [9.17, 15) is 4.79 Å². The van der Waals surface area contributed by atoms with E-state index in [0.717, 1.165) is 37.1 Å². The van der Waals surface area contributed by atoms with Crippen molar-refractivity contribution in [2.75, 3.05) is 26.9 Å². The number of ether oxygens (including phenoxy) is 2. The minimum atomic E-state index is 0.293. The summed E-state index contributed by atoms with van der Waals surface area (Å²) in [5, 5.41) is 0. The highest BCUT2D eigenvalue weighted by Gasteiger charge is 2.34. The number of fused-ring (bicyclic) bond motifs is 1. The van der Waals surface area contributed by atoms with Crippen LogP contribution in [0.3, 0.4) is 0 Å². The van der Waals surface area contributed by atoms with Crippen molar-refractivity contribution in [2.24, 2.45) is 5.92 Å². The predicted octanol–water partition coefficient (Wildman–Crippen LogP) is 1.40. The van der Waals surface area contributed by atoms with Gasteiger partial charge in [-0.2, -0.15) is 0 Å². The van der Waals surface area contributed by atoms with Gasteiger partial charge in [0, 0.05) is 38.6 Å². The fourth-order valence-electron chi connectivity index (χ4n) is 2.48. The van der Waals surface area contributed by atoms with Crippen molar-refractivity contribution < 1.29 is 14.3 Å². The number of nitrogens with zero attached hydrogens (tertiary/aromatic N) is 2. The number of pyridine rings is 1. The van der Waals surface area contributed by atoms with Gasteiger partial charge in [0.05, 0.1) is 12.3 Å². The van der Waals surface area contributed by atoms with Crippen LogP contribution >= 0.6 is 0 Å². The van der Waals surface area contributed by atoms with E-state index >= 15 is 0 Å². The van der Waals surface area contributed by atoms with Crippen molar-refractivity contribution in [1.29, 1.82) is 0 Å². The van der Waals surface area contributed by atoms with Gasteiger partial charge in [-0.05, 0) is 18.4 Å². The highest BCUT2D eigenvalue weighted by molar-refractivity contribution is 5.81. The van der Waals surface area contributed by atoms with Crippen LogP contribution in [0.4, 0.5) is 0 Å². The van der Waals surface area contributed by atoms with E-state index in [1.54, 1.807) is 7.11 Å². The molecule has 1 aromatic heterocycles. The van der Waals surface area contributed by atoms with Crippen molar-refractivity contribution in [3.8, 4) is 5.88 Å². The molecule has 1 aromatic rings. The summed E-state index contributed by atoms with van der Waals surface area (Å²) < 4.78 is 10.5. The summed E-state index contributed by atoms with van der Waals surface area (Å²) in [6.07, 6.45) is 2.94. The summed E-state index contributed by atoms with van der Waals surface area (Å²) in [4.78, 5) is 18.6. The minimum Gasteiger partial charge on any atom is -0.475 e. The van der Waals surface area contributed by atoms with Crippen molar-refractivity contribution in [3.05, 3.63) is 23.4 Å². The van der Waals surface area contributed by atoms with Crippen LogP contribution in [0.5, 0.6) is 5.88 Å². The smallest absolute Gasteiger partial charge is 0.225 e. The van der Waals surface area contributed by atoms with E-state index < -0.39 is 0 Å². The maximum Gasteiger partial charge on any atom is 0.225 e. The van der Waals surface area contributed by atoms with Gasteiger partial charge in [0.2, 0.25) is 11.8 Å². The number of amides is 1. The van der Waals surface area contributed by atoms with Gasteiger partial charge in [0.15, 0.2) is 0 Å². The van der Waals surface area contributed by atoms with Gasteiger partial charge in [-0.15, -0.1) is 0 Å². The van der Waals surface area contributed by atoms with Gasteiger partial charge in [-0.1, -0.05) is 6.07 Å². The van der Waals surface area contributed by atoms with Crippen LogP contribution in [0.15, 0.2) is 12.1 Å². The van der Waals surface area contributed by atoms with Crippen LogP contribution in [-0.2, 0) is 22.5 Å². The number of rotatable bonds is 5. The molecule has 2 aliphatic rings. The molecule has 1 fully saturated rings. The van der Waals surface area contributed by atoms with Crippen LogP contribution in [0.25, 0.3) is 0 Å². The molecule has 1 aliphatic carbocycles. The zero-order valence-corrected chi connectivity index (χ0v) is 11.8. The number of methoxy groups -OCH3 is 1. The largest absolute Gasteiger partial charge is 0.475 e. The SMILES string of the molecule is COCCOc1ccc2c(n1)CCN(C(=O)C1CC1)C2. The molecule has 0 bridgehead atoms. The molecule has 1 saturated carbocycles. The zero-order valence-electron chi connectivity index (χ0n) is 11.8.